The van der Waals surface area contributed by atoms with Gasteiger partial charge in [0.05, 0.1) is 12.7 Å². The highest BCUT2D eigenvalue weighted by atomic mass is 19.2. The Bertz CT molecular complexity index is 1320. The molecular formula is C30H29F5O2. The predicted molar refractivity (Wildman–Crippen MR) is 134 cm³/mol. The second kappa shape index (κ2) is 11.5. The highest BCUT2D eigenvalue weighted by Gasteiger charge is 2.22. The Labute approximate surface area is 213 Å². The average Bonchev–Trinajstić information content (AvgIpc) is 2.88. The van der Waals surface area contributed by atoms with E-state index in [1.807, 2.05) is 6.08 Å². The van der Waals surface area contributed by atoms with Crippen molar-refractivity contribution >= 4 is 5.57 Å². The van der Waals surface area contributed by atoms with Crippen LogP contribution in [0, 0.1) is 35.0 Å². The van der Waals surface area contributed by atoms with E-state index in [9.17, 15) is 27.1 Å². The molecule has 2 unspecified atom stereocenters. The average molecular weight is 517 g/mol. The molecule has 0 heterocycles. The number of aliphatic hydroxyl groups is 1. The van der Waals surface area contributed by atoms with Gasteiger partial charge < -0.3 is 9.84 Å². The molecule has 4 rings (SSSR count). The van der Waals surface area contributed by atoms with Gasteiger partial charge in [-0.15, -0.1) is 0 Å². The second-order valence-corrected chi connectivity index (χ2v) is 9.39. The fourth-order valence-corrected chi connectivity index (χ4v) is 4.83. The van der Waals surface area contributed by atoms with Crippen molar-refractivity contribution in [1.82, 2.24) is 0 Å². The van der Waals surface area contributed by atoms with E-state index in [4.69, 9.17) is 4.74 Å². The molecule has 7 heteroatoms. The maximum atomic E-state index is 14.8. The van der Waals surface area contributed by atoms with Crippen molar-refractivity contribution in [2.45, 2.75) is 52.1 Å². The summed E-state index contributed by atoms with van der Waals surface area (Å²) in [4.78, 5) is 0. The van der Waals surface area contributed by atoms with E-state index in [2.05, 4.69) is 0 Å². The van der Waals surface area contributed by atoms with Crippen molar-refractivity contribution in [2.75, 3.05) is 6.61 Å². The smallest absolute Gasteiger partial charge is 0.201 e. The zero-order valence-electron chi connectivity index (χ0n) is 20.8. The summed E-state index contributed by atoms with van der Waals surface area (Å²) in [6, 6.07) is 9.98. The molecule has 196 valence electrons. The lowest BCUT2D eigenvalue weighted by atomic mass is 9.83. The van der Waals surface area contributed by atoms with Crippen molar-refractivity contribution < 1.29 is 31.8 Å². The van der Waals surface area contributed by atoms with Crippen LogP contribution in [0.2, 0.25) is 0 Å². The minimum atomic E-state index is -1.10. The molecule has 0 aliphatic heterocycles. The molecule has 3 aromatic carbocycles. The maximum absolute atomic E-state index is 14.8. The first-order valence-electron chi connectivity index (χ1n) is 12.5. The number of benzene rings is 3. The zero-order valence-corrected chi connectivity index (χ0v) is 20.8. The third kappa shape index (κ3) is 5.72. The molecule has 1 aliphatic carbocycles. The van der Waals surface area contributed by atoms with Crippen LogP contribution >= 0.6 is 0 Å². The molecule has 0 spiro atoms. The van der Waals surface area contributed by atoms with Gasteiger partial charge in [0.15, 0.2) is 23.2 Å². The first kappa shape index (κ1) is 26.9. The van der Waals surface area contributed by atoms with Crippen molar-refractivity contribution in [3.8, 4) is 16.9 Å². The van der Waals surface area contributed by atoms with E-state index in [1.54, 1.807) is 19.1 Å². The van der Waals surface area contributed by atoms with Crippen LogP contribution in [-0.4, -0.2) is 11.7 Å². The first-order chi connectivity index (χ1) is 17.7. The summed E-state index contributed by atoms with van der Waals surface area (Å²) >= 11 is 0. The lowest BCUT2D eigenvalue weighted by molar-refractivity contribution is 0.192. The Morgan fingerprint density at radius 1 is 0.919 bits per heavy atom. The molecule has 0 saturated carbocycles. The monoisotopic (exact) mass is 516 g/mol. The summed E-state index contributed by atoms with van der Waals surface area (Å²) in [5.74, 6) is -4.58. The lowest BCUT2D eigenvalue weighted by Crippen LogP contribution is -2.09. The Balaban J connectivity index is 1.41. The van der Waals surface area contributed by atoms with E-state index in [0.29, 0.717) is 31.2 Å². The van der Waals surface area contributed by atoms with E-state index in [0.717, 1.165) is 12.0 Å². The van der Waals surface area contributed by atoms with Crippen molar-refractivity contribution in [1.29, 1.82) is 0 Å². The Kier molecular flexibility index (Phi) is 8.32. The van der Waals surface area contributed by atoms with Gasteiger partial charge in [-0.1, -0.05) is 30.3 Å². The van der Waals surface area contributed by atoms with Gasteiger partial charge in [-0.2, -0.15) is 4.39 Å². The Hall–Kier alpha value is -3.19. The fourth-order valence-electron chi connectivity index (χ4n) is 4.83. The lowest BCUT2D eigenvalue weighted by Gasteiger charge is -2.23. The molecule has 1 aliphatic rings. The van der Waals surface area contributed by atoms with Gasteiger partial charge in [0.1, 0.15) is 5.82 Å². The van der Waals surface area contributed by atoms with Crippen LogP contribution in [0.1, 0.15) is 62.3 Å². The summed E-state index contributed by atoms with van der Waals surface area (Å²) in [5.41, 5.74) is 1.54. The van der Waals surface area contributed by atoms with E-state index in [1.165, 1.54) is 37.3 Å². The molecule has 2 nitrogen and oxygen atoms in total. The number of aryl methyl sites for hydroxylation is 1. The Morgan fingerprint density at radius 2 is 1.65 bits per heavy atom. The van der Waals surface area contributed by atoms with Crippen molar-refractivity contribution in [2.24, 2.45) is 5.92 Å². The van der Waals surface area contributed by atoms with Gasteiger partial charge in [0, 0.05) is 16.7 Å². The van der Waals surface area contributed by atoms with Crippen LogP contribution in [0.15, 0.2) is 48.5 Å². The van der Waals surface area contributed by atoms with Gasteiger partial charge in [-0.3, -0.25) is 0 Å². The minimum Gasteiger partial charge on any atom is -0.491 e. The van der Waals surface area contributed by atoms with Gasteiger partial charge in [-0.05, 0) is 86.8 Å². The summed E-state index contributed by atoms with van der Waals surface area (Å²) in [6.45, 7) is 3.25. The van der Waals surface area contributed by atoms with Gasteiger partial charge in [0.2, 0.25) is 5.82 Å². The molecule has 0 fully saturated rings. The van der Waals surface area contributed by atoms with Crippen LogP contribution < -0.4 is 4.74 Å². The van der Waals surface area contributed by atoms with Crippen molar-refractivity contribution in [3.63, 3.8) is 0 Å². The normalized spacial score (nSPS) is 16.4. The SMILES string of the molecule is CCOc1ccc(-c2ccc(CCC3CC=C(c4ccc(C(C)O)c(F)c4F)CC3)c(F)c2)c(F)c1F. The zero-order chi connectivity index (χ0) is 26.7. The van der Waals surface area contributed by atoms with Crippen LogP contribution in [0.4, 0.5) is 22.0 Å². The molecule has 2 atom stereocenters. The number of rotatable bonds is 8. The number of halogens is 5. The van der Waals surface area contributed by atoms with E-state index < -0.39 is 35.2 Å². The topological polar surface area (TPSA) is 29.5 Å². The standard InChI is InChI=1S/C30H29F5O2/c1-3-37-26-15-14-24(29(34)30(26)35)21-11-10-20(25(31)16-21)9-6-18-4-7-19(8-5-18)23-13-12-22(17(2)36)27(32)28(23)33/h7,10-18,36H,3-6,8-9H2,1-2H3. The van der Waals surface area contributed by atoms with Crippen LogP contribution in [0.3, 0.4) is 0 Å². The van der Waals surface area contributed by atoms with E-state index >= 15 is 0 Å². The van der Waals surface area contributed by atoms with Crippen LogP contribution in [-0.2, 0) is 6.42 Å². The molecule has 0 amide bonds. The summed E-state index contributed by atoms with van der Waals surface area (Å²) in [7, 11) is 0. The van der Waals surface area contributed by atoms with Crippen LogP contribution in [0.5, 0.6) is 5.75 Å². The Morgan fingerprint density at radius 3 is 2.30 bits per heavy atom. The molecule has 37 heavy (non-hydrogen) atoms. The summed E-state index contributed by atoms with van der Waals surface area (Å²) in [5, 5.41) is 9.58. The van der Waals surface area contributed by atoms with Gasteiger partial charge in [0.25, 0.3) is 0 Å². The molecule has 0 radical (unpaired) electrons. The maximum Gasteiger partial charge on any atom is 0.201 e. The molecule has 0 aromatic heterocycles. The second-order valence-electron chi connectivity index (χ2n) is 9.39. The molecule has 0 saturated heterocycles. The number of hydrogen-bond donors (Lipinski definition) is 1. The number of allylic oxidation sites excluding steroid dienone is 2. The molecule has 0 bridgehead atoms. The summed E-state index contributed by atoms with van der Waals surface area (Å²) in [6.07, 6.45) is 3.95. The van der Waals surface area contributed by atoms with Crippen molar-refractivity contribution in [3.05, 3.63) is 94.3 Å². The highest BCUT2D eigenvalue weighted by Crippen LogP contribution is 2.36. The molecular weight excluding hydrogens is 487 g/mol. The van der Waals surface area contributed by atoms with Gasteiger partial charge in [-0.25, -0.2) is 17.6 Å². The number of aliphatic hydroxyl groups excluding tert-OH is 1. The third-order valence-electron chi connectivity index (χ3n) is 6.96. The number of ether oxygens (including phenoxy) is 1. The third-order valence-corrected chi connectivity index (χ3v) is 6.96. The minimum absolute atomic E-state index is 0.0403. The quantitative estimate of drug-likeness (QED) is 0.305. The first-order valence-corrected chi connectivity index (χ1v) is 12.5. The fraction of sp³-hybridized carbons (Fsp3) is 0.333. The van der Waals surface area contributed by atoms with E-state index in [-0.39, 0.29) is 40.5 Å². The summed E-state index contributed by atoms with van der Waals surface area (Å²) < 4.78 is 77.5. The van der Waals surface area contributed by atoms with Crippen LogP contribution in [0.25, 0.3) is 16.7 Å². The molecule has 1 N–H and O–H groups in total. The highest BCUT2D eigenvalue weighted by molar-refractivity contribution is 5.67. The molecule has 3 aromatic rings. The number of hydrogen-bond acceptors (Lipinski definition) is 2. The largest absolute Gasteiger partial charge is 0.491 e. The van der Waals surface area contributed by atoms with Gasteiger partial charge >= 0.3 is 0 Å². The predicted octanol–water partition coefficient (Wildman–Crippen LogP) is 8.32.